The van der Waals surface area contributed by atoms with Crippen molar-refractivity contribution in [3.63, 3.8) is 0 Å². The maximum absolute atomic E-state index is 13.3. The van der Waals surface area contributed by atoms with Crippen LogP contribution in [0.25, 0.3) is 0 Å². The quantitative estimate of drug-likeness (QED) is 0.649. The predicted molar refractivity (Wildman–Crippen MR) is 121 cm³/mol. The molecule has 3 rings (SSSR count). The van der Waals surface area contributed by atoms with Crippen LogP contribution < -0.4 is 19.5 Å². The van der Waals surface area contributed by atoms with E-state index in [4.69, 9.17) is 14.2 Å². The molecule has 10 heteroatoms. The van der Waals surface area contributed by atoms with Crippen LogP contribution in [-0.2, 0) is 10.0 Å². The van der Waals surface area contributed by atoms with E-state index in [0.717, 1.165) is 12.8 Å². The molecule has 0 unspecified atom stereocenters. The van der Waals surface area contributed by atoms with Crippen molar-refractivity contribution in [3.8, 4) is 17.2 Å². The number of methoxy groups -OCH3 is 3. The molecule has 1 aliphatic heterocycles. The molecular formula is C22H31N3O6S. The molecule has 1 saturated heterocycles. The average Bonchev–Trinajstić information content (AvgIpc) is 3.07. The van der Waals surface area contributed by atoms with Crippen molar-refractivity contribution in [2.75, 3.05) is 39.7 Å². The van der Waals surface area contributed by atoms with Gasteiger partial charge < -0.3 is 24.5 Å². The smallest absolute Gasteiger partial charge is 0.272 e. The normalized spacial score (nSPS) is 15.4. The van der Waals surface area contributed by atoms with E-state index in [2.05, 4.69) is 17.2 Å². The van der Waals surface area contributed by atoms with Gasteiger partial charge in [0.1, 0.15) is 10.6 Å². The van der Waals surface area contributed by atoms with E-state index in [9.17, 15) is 13.2 Å². The minimum absolute atomic E-state index is 0.169. The molecule has 0 radical (unpaired) electrons. The molecule has 1 aromatic heterocycles. The lowest BCUT2D eigenvalue weighted by Gasteiger charge is -2.29. The molecule has 0 spiro atoms. The molecule has 1 fully saturated rings. The maximum atomic E-state index is 13.3. The third-order valence-corrected chi connectivity index (χ3v) is 8.03. The molecule has 32 heavy (non-hydrogen) atoms. The van der Waals surface area contributed by atoms with Crippen LogP contribution in [0.2, 0.25) is 0 Å². The molecule has 0 aliphatic carbocycles. The number of nitrogens with zero attached hydrogens (tertiary/aromatic N) is 1. The van der Waals surface area contributed by atoms with E-state index in [1.807, 2.05) is 0 Å². The summed E-state index contributed by atoms with van der Waals surface area (Å²) >= 11 is 0. The van der Waals surface area contributed by atoms with Gasteiger partial charge in [0.05, 0.1) is 21.3 Å². The lowest BCUT2D eigenvalue weighted by Crippen LogP contribution is -2.38. The number of carbonyl (C=O) groups is 1. The van der Waals surface area contributed by atoms with Crippen LogP contribution in [0.5, 0.6) is 17.2 Å². The second-order valence-electron chi connectivity index (χ2n) is 8.03. The van der Waals surface area contributed by atoms with Crippen molar-refractivity contribution in [1.29, 1.82) is 0 Å². The highest BCUT2D eigenvalue weighted by Crippen LogP contribution is 2.40. The van der Waals surface area contributed by atoms with Crippen LogP contribution in [-0.4, -0.2) is 58.0 Å². The summed E-state index contributed by atoms with van der Waals surface area (Å²) in [6.07, 6.45) is 1.66. The number of hydrogen-bond donors (Lipinski definition) is 2. The van der Waals surface area contributed by atoms with Gasteiger partial charge in [-0.05, 0) is 38.2 Å². The number of aromatic amines is 1. The molecule has 1 aliphatic rings. The molecule has 2 N–H and O–H groups in total. The summed E-state index contributed by atoms with van der Waals surface area (Å²) in [7, 11) is 0.769. The van der Waals surface area contributed by atoms with Crippen molar-refractivity contribution in [3.05, 3.63) is 29.1 Å². The Morgan fingerprint density at radius 2 is 1.62 bits per heavy atom. The first-order valence-electron chi connectivity index (χ1n) is 10.4. The summed E-state index contributed by atoms with van der Waals surface area (Å²) in [6, 6.07) is 3.22. The second-order valence-corrected chi connectivity index (χ2v) is 9.91. The number of amides is 1. The van der Waals surface area contributed by atoms with E-state index < -0.39 is 15.9 Å². The number of ether oxygens (including phenoxy) is 3. The van der Waals surface area contributed by atoms with Crippen molar-refractivity contribution < 1.29 is 27.4 Å². The van der Waals surface area contributed by atoms with Crippen LogP contribution >= 0.6 is 0 Å². The highest BCUT2D eigenvalue weighted by Gasteiger charge is 2.33. The molecule has 0 atom stereocenters. The molecule has 1 aromatic carbocycles. The fraction of sp³-hybridized carbons (Fsp3) is 0.500. The van der Waals surface area contributed by atoms with Crippen LogP contribution in [0.4, 0.5) is 5.69 Å². The molecule has 2 heterocycles. The van der Waals surface area contributed by atoms with E-state index in [0.29, 0.717) is 53.2 Å². The molecule has 176 valence electrons. The molecule has 1 amide bonds. The van der Waals surface area contributed by atoms with E-state index in [1.165, 1.54) is 25.6 Å². The zero-order valence-electron chi connectivity index (χ0n) is 19.4. The summed E-state index contributed by atoms with van der Waals surface area (Å²) in [5, 5.41) is 2.78. The number of anilines is 1. The van der Waals surface area contributed by atoms with Crippen molar-refractivity contribution in [2.45, 2.75) is 38.5 Å². The van der Waals surface area contributed by atoms with Gasteiger partial charge in [0.15, 0.2) is 11.5 Å². The van der Waals surface area contributed by atoms with Crippen molar-refractivity contribution in [1.82, 2.24) is 9.29 Å². The number of carbonyl (C=O) groups excluding carboxylic acids is 1. The number of H-pyrrole nitrogens is 1. The van der Waals surface area contributed by atoms with Gasteiger partial charge in [-0.15, -0.1) is 0 Å². The Morgan fingerprint density at radius 1 is 1.06 bits per heavy atom. The predicted octanol–water partition coefficient (Wildman–Crippen LogP) is 3.33. The minimum atomic E-state index is -3.70. The topological polar surface area (TPSA) is 110 Å². The summed E-state index contributed by atoms with van der Waals surface area (Å²) in [6.45, 7) is 6.42. The first-order valence-corrected chi connectivity index (χ1v) is 11.9. The average molecular weight is 466 g/mol. The Balaban J connectivity index is 1.91. The third-order valence-electron chi connectivity index (χ3n) is 5.86. The monoisotopic (exact) mass is 465 g/mol. The van der Waals surface area contributed by atoms with Crippen molar-refractivity contribution >= 4 is 21.6 Å². The first kappa shape index (κ1) is 23.9. The van der Waals surface area contributed by atoms with Crippen LogP contribution in [0.15, 0.2) is 17.0 Å². The lowest BCUT2D eigenvalue weighted by molar-refractivity contribution is 0.102. The summed E-state index contributed by atoms with van der Waals surface area (Å²) < 4.78 is 44.1. The maximum Gasteiger partial charge on any atom is 0.272 e. The van der Waals surface area contributed by atoms with Crippen molar-refractivity contribution in [2.24, 2.45) is 5.92 Å². The second kappa shape index (κ2) is 9.41. The zero-order valence-corrected chi connectivity index (χ0v) is 20.2. The number of aryl methyl sites for hydroxylation is 1. The van der Waals surface area contributed by atoms with E-state index >= 15 is 0 Å². The van der Waals surface area contributed by atoms with Gasteiger partial charge in [-0.25, -0.2) is 8.42 Å². The van der Waals surface area contributed by atoms with Gasteiger partial charge in [-0.1, -0.05) is 6.92 Å². The molecule has 0 saturated carbocycles. The number of hydrogen-bond acceptors (Lipinski definition) is 6. The zero-order chi connectivity index (χ0) is 23.6. The Morgan fingerprint density at radius 3 is 2.12 bits per heavy atom. The third kappa shape index (κ3) is 4.42. The van der Waals surface area contributed by atoms with Crippen LogP contribution in [0.1, 0.15) is 41.5 Å². The molecule has 9 nitrogen and oxygen atoms in total. The van der Waals surface area contributed by atoms with E-state index in [-0.39, 0.29) is 10.6 Å². The first-order chi connectivity index (χ1) is 15.1. The van der Waals surface area contributed by atoms with E-state index in [1.54, 1.807) is 26.0 Å². The van der Waals surface area contributed by atoms with Gasteiger partial charge in [0.25, 0.3) is 5.91 Å². The number of piperidine rings is 1. The number of benzene rings is 1. The number of nitrogens with one attached hydrogen (secondary N) is 2. The minimum Gasteiger partial charge on any atom is -0.493 e. The Labute approximate surface area is 189 Å². The van der Waals surface area contributed by atoms with Gasteiger partial charge in [0, 0.05) is 36.6 Å². The Hall–Kier alpha value is -2.72. The van der Waals surface area contributed by atoms with Gasteiger partial charge in [-0.2, -0.15) is 4.31 Å². The Kier molecular flexibility index (Phi) is 7.04. The SMILES string of the molecule is COc1cc(NC(=O)c2[nH]c(C)c(S(=O)(=O)N3CCC(C)CC3)c2C)cc(OC)c1OC. The van der Waals surface area contributed by atoms with Crippen LogP contribution in [0.3, 0.4) is 0 Å². The highest BCUT2D eigenvalue weighted by molar-refractivity contribution is 7.89. The number of sulfonamides is 1. The molecular weight excluding hydrogens is 434 g/mol. The number of rotatable bonds is 7. The van der Waals surface area contributed by atoms with Gasteiger partial charge >= 0.3 is 0 Å². The largest absolute Gasteiger partial charge is 0.493 e. The van der Waals surface area contributed by atoms with Gasteiger partial charge in [0.2, 0.25) is 15.8 Å². The lowest BCUT2D eigenvalue weighted by atomic mass is 10.0. The molecule has 0 bridgehead atoms. The fourth-order valence-electron chi connectivity index (χ4n) is 4.05. The number of aromatic nitrogens is 1. The Bertz CT molecular complexity index is 1080. The molecule has 2 aromatic rings. The summed E-state index contributed by atoms with van der Waals surface area (Å²) in [4.78, 5) is 16.2. The highest BCUT2D eigenvalue weighted by atomic mass is 32.2. The van der Waals surface area contributed by atoms with Crippen LogP contribution in [0, 0.1) is 19.8 Å². The van der Waals surface area contributed by atoms with Gasteiger partial charge in [-0.3, -0.25) is 4.79 Å². The fourth-order valence-corrected chi connectivity index (χ4v) is 5.92. The summed E-state index contributed by atoms with van der Waals surface area (Å²) in [5.41, 5.74) is 1.45. The standard InChI is InChI=1S/C22H31N3O6S/c1-13-7-9-25(10-8-13)32(27,28)21-14(2)19(23-15(21)3)22(26)24-16-11-17(29-4)20(31-6)18(12-16)30-5/h11-13,23H,7-10H2,1-6H3,(H,24,26). The summed E-state index contributed by atoms with van der Waals surface area (Å²) in [5.74, 6) is 1.24.